The first-order valence-corrected chi connectivity index (χ1v) is 8.57. The Balaban J connectivity index is 1.70. The fourth-order valence-corrected chi connectivity index (χ4v) is 2.50. The number of methoxy groups -OCH3 is 1. The zero-order valence-electron chi connectivity index (χ0n) is 15.1. The van der Waals surface area contributed by atoms with E-state index < -0.39 is 0 Å². The highest BCUT2D eigenvalue weighted by atomic mass is 16.5. The lowest BCUT2D eigenvalue weighted by Crippen LogP contribution is -2.33. The summed E-state index contributed by atoms with van der Waals surface area (Å²) in [7, 11) is 1.61. The van der Waals surface area contributed by atoms with E-state index in [1.54, 1.807) is 24.4 Å². The fraction of sp³-hybridized carbons (Fsp3) is 0.200. The zero-order valence-corrected chi connectivity index (χ0v) is 15.1. The number of rotatable bonds is 8. The highest BCUT2D eigenvalue weighted by molar-refractivity contribution is 5.93. The Labute approximate surface area is 158 Å². The van der Waals surface area contributed by atoms with E-state index in [2.05, 4.69) is 20.3 Å². The predicted octanol–water partition coefficient (Wildman–Crippen LogP) is 2.90. The van der Waals surface area contributed by atoms with Crippen LogP contribution < -0.4 is 5.32 Å². The first kappa shape index (κ1) is 18.5. The number of carbonyl (C=O) groups excluding carboxylic acids is 1. The van der Waals surface area contributed by atoms with Gasteiger partial charge in [0.05, 0.1) is 12.2 Å². The van der Waals surface area contributed by atoms with Crippen LogP contribution in [0, 0.1) is 0 Å². The summed E-state index contributed by atoms with van der Waals surface area (Å²) in [6.07, 6.45) is 6.49. The van der Waals surface area contributed by atoms with Crippen LogP contribution in [0.5, 0.6) is 0 Å². The molecule has 0 saturated heterocycles. The summed E-state index contributed by atoms with van der Waals surface area (Å²) in [5.74, 6) is 0.297. The number of ether oxygens (including phenoxy) is 1. The van der Waals surface area contributed by atoms with Crippen LogP contribution in [0.25, 0.3) is 0 Å². The van der Waals surface area contributed by atoms with Crippen LogP contribution in [0.4, 0.5) is 11.6 Å². The van der Waals surface area contributed by atoms with Gasteiger partial charge in [-0.3, -0.25) is 9.78 Å². The standard InChI is InChI=1S/C20H21N5O2/c1-27-12-11-25(15-16-7-9-21-10-8-16)19(26)17-13-22-20(23-14-17)24-18-5-3-2-4-6-18/h2-10,13-14H,11-12,15H2,1H3,(H,22,23,24). The van der Waals surface area contributed by atoms with E-state index in [0.29, 0.717) is 31.2 Å². The molecule has 7 nitrogen and oxygen atoms in total. The quantitative estimate of drug-likeness (QED) is 0.663. The molecular weight excluding hydrogens is 342 g/mol. The van der Waals surface area contributed by atoms with Gasteiger partial charge in [-0.2, -0.15) is 0 Å². The summed E-state index contributed by atoms with van der Waals surface area (Å²) in [4.78, 5) is 27.1. The maximum absolute atomic E-state index is 12.9. The third-order valence-corrected chi connectivity index (χ3v) is 3.90. The van der Waals surface area contributed by atoms with Gasteiger partial charge in [0, 0.05) is 50.7 Å². The zero-order chi connectivity index (χ0) is 18.9. The van der Waals surface area contributed by atoms with Crippen molar-refractivity contribution in [2.45, 2.75) is 6.54 Å². The van der Waals surface area contributed by atoms with Crippen molar-refractivity contribution in [1.29, 1.82) is 0 Å². The van der Waals surface area contributed by atoms with Crippen molar-refractivity contribution >= 4 is 17.5 Å². The molecule has 0 aliphatic heterocycles. The Hall–Kier alpha value is -3.32. The number of pyridine rings is 1. The summed E-state index contributed by atoms with van der Waals surface area (Å²) in [5.41, 5.74) is 2.31. The molecular formula is C20H21N5O2. The van der Waals surface area contributed by atoms with Crippen molar-refractivity contribution in [2.75, 3.05) is 25.6 Å². The van der Waals surface area contributed by atoms with Gasteiger partial charge in [0.15, 0.2) is 0 Å². The van der Waals surface area contributed by atoms with E-state index in [4.69, 9.17) is 4.74 Å². The van der Waals surface area contributed by atoms with E-state index in [9.17, 15) is 4.79 Å². The average molecular weight is 363 g/mol. The lowest BCUT2D eigenvalue weighted by atomic mass is 10.2. The molecule has 27 heavy (non-hydrogen) atoms. The average Bonchev–Trinajstić information content (AvgIpc) is 2.73. The third-order valence-electron chi connectivity index (χ3n) is 3.90. The number of nitrogens with one attached hydrogen (secondary N) is 1. The van der Waals surface area contributed by atoms with E-state index in [1.807, 2.05) is 42.5 Å². The summed E-state index contributed by atoms with van der Waals surface area (Å²) < 4.78 is 5.13. The molecule has 138 valence electrons. The molecule has 0 fully saturated rings. The van der Waals surface area contributed by atoms with E-state index in [1.165, 1.54) is 12.4 Å². The minimum atomic E-state index is -0.143. The first-order chi connectivity index (χ1) is 13.3. The van der Waals surface area contributed by atoms with Gasteiger partial charge < -0.3 is 15.0 Å². The van der Waals surface area contributed by atoms with Gasteiger partial charge in [0.25, 0.3) is 5.91 Å². The van der Waals surface area contributed by atoms with Crippen LogP contribution in [0.15, 0.2) is 67.3 Å². The number of hydrogen-bond acceptors (Lipinski definition) is 6. The molecule has 0 bridgehead atoms. The number of carbonyl (C=O) groups is 1. The number of anilines is 2. The predicted molar refractivity (Wildman–Crippen MR) is 103 cm³/mol. The van der Waals surface area contributed by atoms with Gasteiger partial charge in [-0.15, -0.1) is 0 Å². The second-order valence-electron chi connectivity index (χ2n) is 5.86. The number of benzene rings is 1. The smallest absolute Gasteiger partial charge is 0.257 e. The number of para-hydroxylation sites is 1. The van der Waals surface area contributed by atoms with Crippen molar-refractivity contribution in [2.24, 2.45) is 0 Å². The molecule has 1 N–H and O–H groups in total. The van der Waals surface area contributed by atoms with E-state index in [0.717, 1.165) is 11.3 Å². The maximum Gasteiger partial charge on any atom is 0.257 e. The third kappa shape index (κ3) is 5.32. The minimum Gasteiger partial charge on any atom is -0.383 e. The highest BCUT2D eigenvalue weighted by Crippen LogP contribution is 2.13. The molecule has 2 aromatic heterocycles. The maximum atomic E-state index is 12.9. The molecule has 7 heteroatoms. The molecule has 3 rings (SSSR count). The summed E-state index contributed by atoms with van der Waals surface area (Å²) in [6, 6.07) is 13.4. The van der Waals surface area contributed by atoms with Crippen molar-refractivity contribution in [3.8, 4) is 0 Å². The molecule has 0 atom stereocenters. The SMILES string of the molecule is COCCN(Cc1ccncc1)C(=O)c1cnc(Nc2ccccc2)nc1. The van der Waals surface area contributed by atoms with Crippen molar-refractivity contribution in [3.05, 3.63) is 78.4 Å². The normalized spacial score (nSPS) is 10.4. The lowest BCUT2D eigenvalue weighted by molar-refractivity contribution is 0.0679. The van der Waals surface area contributed by atoms with Crippen LogP contribution in [0.3, 0.4) is 0 Å². The number of nitrogens with zero attached hydrogens (tertiary/aromatic N) is 4. The minimum absolute atomic E-state index is 0.143. The second-order valence-corrected chi connectivity index (χ2v) is 5.86. The van der Waals surface area contributed by atoms with E-state index >= 15 is 0 Å². The number of hydrogen-bond donors (Lipinski definition) is 1. The lowest BCUT2D eigenvalue weighted by Gasteiger charge is -2.22. The van der Waals surface area contributed by atoms with Gasteiger partial charge in [-0.1, -0.05) is 18.2 Å². The molecule has 0 aliphatic carbocycles. The fourth-order valence-electron chi connectivity index (χ4n) is 2.50. The van der Waals surface area contributed by atoms with Crippen LogP contribution >= 0.6 is 0 Å². The molecule has 1 aromatic carbocycles. The van der Waals surface area contributed by atoms with Crippen molar-refractivity contribution in [3.63, 3.8) is 0 Å². The molecule has 0 spiro atoms. The van der Waals surface area contributed by atoms with Crippen LogP contribution in [0.2, 0.25) is 0 Å². The monoisotopic (exact) mass is 363 g/mol. The van der Waals surface area contributed by atoms with Gasteiger partial charge in [0.1, 0.15) is 0 Å². The number of amides is 1. The van der Waals surface area contributed by atoms with Gasteiger partial charge in [-0.05, 0) is 29.8 Å². The molecule has 1 amide bonds. The molecule has 0 saturated carbocycles. The first-order valence-electron chi connectivity index (χ1n) is 8.57. The Morgan fingerprint density at radius 3 is 2.44 bits per heavy atom. The number of aromatic nitrogens is 3. The molecule has 3 aromatic rings. The van der Waals surface area contributed by atoms with Gasteiger partial charge >= 0.3 is 0 Å². The van der Waals surface area contributed by atoms with Gasteiger partial charge in [0.2, 0.25) is 5.95 Å². The summed E-state index contributed by atoms with van der Waals surface area (Å²) in [5, 5.41) is 3.10. The Bertz CT molecular complexity index is 841. The molecule has 0 unspecified atom stereocenters. The van der Waals surface area contributed by atoms with Crippen molar-refractivity contribution < 1.29 is 9.53 Å². The molecule has 0 aliphatic rings. The highest BCUT2D eigenvalue weighted by Gasteiger charge is 2.17. The van der Waals surface area contributed by atoms with Gasteiger partial charge in [-0.25, -0.2) is 9.97 Å². The second kappa shape index (κ2) is 9.40. The Morgan fingerprint density at radius 2 is 1.78 bits per heavy atom. The summed E-state index contributed by atoms with van der Waals surface area (Å²) >= 11 is 0. The molecule has 0 radical (unpaired) electrons. The largest absolute Gasteiger partial charge is 0.383 e. The Kier molecular flexibility index (Phi) is 6.43. The van der Waals surface area contributed by atoms with Crippen LogP contribution in [-0.2, 0) is 11.3 Å². The van der Waals surface area contributed by atoms with Crippen LogP contribution in [-0.4, -0.2) is 46.0 Å². The Morgan fingerprint density at radius 1 is 1.07 bits per heavy atom. The molecule has 2 heterocycles. The summed E-state index contributed by atoms with van der Waals surface area (Å²) in [6.45, 7) is 1.39. The van der Waals surface area contributed by atoms with Crippen LogP contribution in [0.1, 0.15) is 15.9 Å². The topological polar surface area (TPSA) is 80.2 Å². The van der Waals surface area contributed by atoms with Crippen molar-refractivity contribution in [1.82, 2.24) is 19.9 Å². The van der Waals surface area contributed by atoms with E-state index in [-0.39, 0.29) is 5.91 Å².